The predicted molar refractivity (Wildman–Crippen MR) is 42.8 cm³/mol. The molecule has 1 N–H and O–H groups in total. The monoisotopic (exact) mass is 204 g/mol. The zero-order valence-corrected chi connectivity index (χ0v) is 7.01. The molecule has 0 saturated carbocycles. The second-order valence-electron chi connectivity index (χ2n) is 2.74. The number of carbonyl (C=O) groups excluding carboxylic acids is 1. The summed E-state index contributed by atoms with van der Waals surface area (Å²) in [7, 11) is 0. The van der Waals surface area contributed by atoms with Gasteiger partial charge in [0.2, 0.25) is 0 Å². The molecule has 1 aromatic rings. The van der Waals surface area contributed by atoms with Gasteiger partial charge < -0.3 is 5.11 Å². The second-order valence-corrected chi connectivity index (χ2v) is 2.74. The van der Waals surface area contributed by atoms with Crippen LogP contribution >= 0.6 is 0 Å². The highest BCUT2D eigenvalue weighted by Crippen LogP contribution is 2.30. The third-order valence-corrected chi connectivity index (χ3v) is 1.66. The number of benzene rings is 1. The largest absolute Gasteiger partial charge is 0.416 e. The molecular formula is C9H7F3O2. The van der Waals surface area contributed by atoms with Gasteiger partial charge in [0.15, 0.2) is 0 Å². The van der Waals surface area contributed by atoms with Crippen molar-refractivity contribution in [2.45, 2.75) is 12.8 Å². The van der Waals surface area contributed by atoms with Gasteiger partial charge in [-0.15, -0.1) is 0 Å². The normalized spacial score (nSPS) is 11.4. The Morgan fingerprint density at radius 3 is 2.36 bits per heavy atom. The molecule has 0 amide bonds. The molecule has 0 aliphatic rings. The van der Waals surface area contributed by atoms with Crippen LogP contribution in [-0.4, -0.2) is 11.4 Å². The van der Waals surface area contributed by atoms with Crippen molar-refractivity contribution in [3.8, 4) is 0 Å². The molecule has 0 radical (unpaired) electrons. The van der Waals surface area contributed by atoms with Crippen LogP contribution < -0.4 is 0 Å². The van der Waals surface area contributed by atoms with E-state index >= 15 is 0 Å². The summed E-state index contributed by atoms with van der Waals surface area (Å²) in [6, 6.07) is 2.77. The Bertz CT molecular complexity index is 344. The first-order valence-corrected chi connectivity index (χ1v) is 3.74. The molecular weight excluding hydrogens is 197 g/mol. The van der Waals surface area contributed by atoms with E-state index < -0.39 is 18.3 Å². The minimum Gasteiger partial charge on any atom is -0.392 e. The van der Waals surface area contributed by atoms with Gasteiger partial charge in [0.05, 0.1) is 12.2 Å². The van der Waals surface area contributed by atoms with Crippen molar-refractivity contribution in [2.24, 2.45) is 0 Å². The summed E-state index contributed by atoms with van der Waals surface area (Å²) in [6.07, 6.45) is -4.18. The third-order valence-electron chi connectivity index (χ3n) is 1.66. The first-order valence-electron chi connectivity index (χ1n) is 3.74. The molecule has 1 aromatic carbocycles. The lowest BCUT2D eigenvalue weighted by atomic mass is 10.1. The van der Waals surface area contributed by atoms with E-state index in [0.717, 1.165) is 12.1 Å². The van der Waals surface area contributed by atoms with Crippen molar-refractivity contribution in [1.82, 2.24) is 0 Å². The van der Waals surface area contributed by atoms with E-state index in [0.29, 0.717) is 6.29 Å². The Kier molecular flexibility index (Phi) is 2.90. The van der Waals surface area contributed by atoms with Gasteiger partial charge in [-0.05, 0) is 23.8 Å². The van der Waals surface area contributed by atoms with E-state index in [-0.39, 0.29) is 11.1 Å². The zero-order valence-electron chi connectivity index (χ0n) is 7.01. The molecule has 5 heteroatoms. The maximum Gasteiger partial charge on any atom is 0.416 e. The first kappa shape index (κ1) is 10.7. The highest BCUT2D eigenvalue weighted by atomic mass is 19.4. The van der Waals surface area contributed by atoms with E-state index in [9.17, 15) is 18.0 Å². The molecule has 0 spiro atoms. The first-order chi connectivity index (χ1) is 6.47. The average molecular weight is 204 g/mol. The summed E-state index contributed by atoms with van der Waals surface area (Å²) in [4.78, 5) is 10.3. The van der Waals surface area contributed by atoms with Gasteiger partial charge in [-0.3, -0.25) is 4.79 Å². The van der Waals surface area contributed by atoms with Crippen molar-refractivity contribution in [2.75, 3.05) is 0 Å². The Morgan fingerprint density at radius 2 is 1.93 bits per heavy atom. The smallest absolute Gasteiger partial charge is 0.392 e. The molecule has 76 valence electrons. The van der Waals surface area contributed by atoms with Crippen LogP contribution in [-0.2, 0) is 12.8 Å². The van der Waals surface area contributed by atoms with Crippen molar-refractivity contribution in [3.05, 3.63) is 34.9 Å². The van der Waals surface area contributed by atoms with Gasteiger partial charge >= 0.3 is 6.18 Å². The topological polar surface area (TPSA) is 37.3 Å². The SMILES string of the molecule is O=Cc1cc(CO)cc(C(F)(F)F)c1. The zero-order chi connectivity index (χ0) is 10.8. The standard InChI is InChI=1S/C9H7F3O2/c10-9(11,12)8-2-6(4-13)1-7(3-8)5-14/h1-4,14H,5H2. The number of carbonyl (C=O) groups is 1. The molecule has 14 heavy (non-hydrogen) atoms. The highest BCUT2D eigenvalue weighted by Gasteiger charge is 2.30. The Labute approximate surface area is 78.0 Å². The molecule has 0 aliphatic heterocycles. The molecule has 0 heterocycles. The van der Waals surface area contributed by atoms with Crippen molar-refractivity contribution < 1.29 is 23.1 Å². The van der Waals surface area contributed by atoms with Crippen molar-refractivity contribution in [1.29, 1.82) is 0 Å². The van der Waals surface area contributed by atoms with Crippen LogP contribution in [0, 0.1) is 0 Å². The number of aldehydes is 1. The number of rotatable bonds is 2. The number of hydrogen-bond acceptors (Lipinski definition) is 2. The molecule has 0 aromatic heterocycles. The van der Waals surface area contributed by atoms with E-state index in [2.05, 4.69) is 0 Å². The van der Waals surface area contributed by atoms with E-state index in [1.54, 1.807) is 0 Å². The van der Waals surface area contributed by atoms with Crippen LogP contribution in [0.1, 0.15) is 21.5 Å². The second kappa shape index (κ2) is 3.79. The summed E-state index contributed by atoms with van der Waals surface area (Å²) in [5.74, 6) is 0. The summed E-state index contributed by atoms with van der Waals surface area (Å²) in [5.41, 5.74) is -0.947. The van der Waals surface area contributed by atoms with Crippen LogP contribution in [0.25, 0.3) is 0 Å². The fourth-order valence-electron chi connectivity index (χ4n) is 1.04. The molecule has 2 nitrogen and oxygen atoms in total. The van der Waals surface area contributed by atoms with Gasteiger partial charge in [0.25, 0.3) is 0 Å². The third kappa shape index (κ3) is 2.32. The summed E-state index contributed by atoms with van der Waals surface area (Å²) in [5, 5.41) is 8.66. The molecule has 0 saturated heterocycles. The minimum atomic E-state index is -4.50. The fraction of sp³-hybridized carbons (Fsp3) is 0.222. The molecule has 0 unspecified atom stereocenters. The maximum absolute atomic E-state index is 12.2. The maximum atomic E-state index is 12.2. The lowest BCUT2D eigenvalue weighted by Crippen LogP contribution is -2.06. The number of alkyl halides is 3. The lowest BCUT2D eigenvalue weighted by molar-refractivity contribution is -0.137. The van der Waals surface area contributed by atoms with Crippen molar-refractivity contribution >= 4 is 6.29 Å². The highest BCUT2D eigenvalue weighted by molar-refractivity contribution is 5.75. The average Bonchev–Trinajstić information content (AvgIpc) is 2.15. The van der Waals surface area contributed by atoms with E-state index in [4.69, 9.17) is 5.11 Å². The van der Waals surface area contributed by atoms with E-state index in [1.165, 1.54) is 6.07 Å². The summed E-state index contributed by atoms with van der Waals surface area (Å²) in [6.45, 7) is -0.523. The van der Waals surface area contributed by atoms with E-state index in [1.807, 2.05) is 0 Å². The van der Waals surface area contributed by atoms with Gasteiger partial charge in [-0.25, -0.2) is 0 Å². The van der Waals surface area contributed by atoms with Crippen LogP contribution in [0.2, 0.25) is 0 Å². The summed E-state index contributed by atoms with van der Waals surface area (Å²) >= 11 is 0. The fourth-order valence-corrected chi connectivity index (χ4v) is 1.04. The molecule has 1 rings (SSSR count). The van der Waals surface area contributed by atoms with Gasteiger partial charge in [-0.1, -0.05) is 0 Å². The number of halogens is 3. The molecule has 0 bridgehead atoms. The van der Waals surface area contributed by atoms with Crippen LogP contribution in [0.3, 0.4) is 0 Å². The van der Waals surface area contributed by atoms with Gasteiger partial charge in [0, 0.05) is 5.56 Å². The van der Waals surface area contributed by atoms with Crippen LogP contribution in [0.4, 0.5) is 13.2 Å². The Hall–Kier alpha value is -1.36. The molecule has 0 atom stereocenters. The number of aliphatic hydroxyl groups excluding tert-OH is 1. The van der Waals surface area contributed by atoms with Crippen molar-refractivity contribution in [3.63, 3.8) is 0 Å². The predicted octanol–water partition coefficient (Wildman–Crippen LogP) is 2.01. The molecule has 0 aliphatic carbocycles. The van der Waals surface area contributed by atoms with Crippen LogP contribution in [0.15, 0.2) is 18.2 Å². The number of aliphatic hydroxyl groups is 1. The van der Waals surface area contributed by atoms with Gasteiger partial charge in [0.1, 0.15) is 6.29 Å². The Morgan fingerprint density at radius 1 is 1.29 bits per heavy atom. The number of hydrogen-bond donors (Lipinski definition) is 1. The minimum absolute atomic E-state index is 0.0712. The van der Waals surface area contributed by atoms with Crippen LogP contribution in [0.5, 0.6) is 0 Å². The van der Waals surface area contributed by atoms with Gasteiger partial charge in [-0.2, -0.15) is 13.2 Å². The quantitative estimate of drug-likeness (QED) is 0.748. The summed E-state index contributed by atoms with van der Waals surface area (Å²) < 4.78 is 36.7. The lowest BCUT2D eigenvalue weighted by Gasteiger charge is -2.08. The Balaban J connectivity index is 3.24. The molecule has 0 fully saturated rings.